The summed E-state index contributed by atoms with van der Waals surface area (Å²) in [6.45, 7) is 0. The molecule has 0 unspecified atom stereocenters. The second-order valence-electron chi connectivity index (χ2n) is 0.848. The number of hydrogen-bond donors (Lipinski definition) is 3. The van der Waals surface area contributed by atoms with Gasteiger partial charge in [0.1, 0.15) is 0 Å². The Morgan fingerprint density at radius 1 is 1.27 bits per heavy atom. The molecule has 0 heterocycles. The molecule has 0 bridgehead atoms. The Morgan fingerprint density at radius 2 is 1.55 bits per heavy atom. The first-order chi connectivity index (χ1) is 3.42. The van der Waals surface area contributed by atoms with Crippen LogP contribution < -0.4 is 0 Å². The van der Waals surface area contributed by atoms with Gasteiger partial charge in [0, 0.05) is 16.8 Å². The molecule has 0 aromatic carbocycles. The third-order valence-electron chi connectivity index (χ3n) is 0.197. The summed E-state index contributed by atoms with van der Waals surface area (Å²) in [4.78, 5) is 24.7. The van der Waals surface area contributed by atoms with Gasteiger partial charge in [-0.2, -0.15) is 0 Å². The quantitative estimate of drug-likeness (QED) is 0.385. The van der Waals surface area contributed by atoms with E-state index in [1.807, 2.05) is 0 Å². The van der Waals surface area contributed by atoms with E-state index in [-0.39, 0.29) is 75.9 Å². The molecule has 0 aliphatic rings. The molecule has 0 spiro atoms. The van der Waals surface area contributed by atoms with Crippen molar-refractivity contribution in [3.8, 4) is 0 Å². The first-order valence-corrected chi connectivity index (χ1v) is 2.93. The summed E-state index contributed by atoms with van der Waals surface area (Å²) in [6, 6.07) is 0. The summed E-state index contributed by atoms with van der Waals surface area (Å²) >= 11 is 0. The van der Waals surface area contributed by atoms with Gasteiger partial charge in [-0.1, -0.05) is 0 Å². The molecule has 0 aliphatic heterocycles. The molecular formula is CH5CoNa2O6P. The van der Waals surface area contributed by atoms with E-state index < -0.39 is 14.0 Å². The molecular weight excluding hydrogens is 244 g/mol. The number of phosphoric ester groups is 1. The van der Waals surface area contributed by atoms with Crippen LogP contribution in [-0.4, -0.2) is 80.2 Å². The van der Waals surface area contributed by atoms with Crippen molar-refractivity contribution in [1.29, 1.82) is 0 Å². The normalized spacial score (nSPS) is 7.82. The van der Waals surface area contributed by atoms with Gasteiger partial charge in [0.15, 0.2) is 0 Å². The second-order valence-corrected chi connectivity index (χ2v) is 2.01. The van der Waals surface area contributed by atoms with Gasteiger partial charge in [0.25, 0.3) is 0 Å². The number of carbonyl (C=O) groups is 1. The molecule has 11 heavy (non-hydrogen) atoms. The molecule has 0 rings (SSSR count). The van der Waals surface area contributed by atoms with E-state index in [2.05, 4.69) is 4.52 Å². The van der Waals surface area contributed by atoms with Gasteiger partial charge in [-0.05, 0) is 0 Å². The molecule has 0 aromatic heterocycles. The average Bonchev–Trinajstić information content (AvgIpc) is 1.21. The fourth-order valence-corrected chi connectivity index (χ4v) is 0.305. The topological polar surface area (TPSA) is 104 Å². The standard InChI is InChI=1S/CH3O6P.Co.2Na.2H/c2-1(3)7-8(4,5)6;;;;;/h(H,2,3)(H2,4,5,6);;;;;. The van der Waals surface area contributed by atoms with Gasteiger partial charge in [-0.3, -0.25) is 9.79 Å². The van der Waals surface area contributed by atoms with Crippen molar-refractivity contribution in [2.24, 2.45) is 0 Å². The summed E-state index contributed by atoms with van der Waals surface area (Å²) < 4.78 is 12.6. The molecule has 61 valence electrons. The average molecular weight is 249 g/mol. The SMILES string of the molecule is O=C(O)OP(=O)(O)O.[Co].[NaH].[NaH]. The molecule has 0 aliphatic carbocycles. The van der Waals surface area contributed by atoms with Gasteiger partial charge in [-0.25, -0.2) is 9.36 Å². The molecule has 10 heteroatoms. The third kappa shape index (κ3) is 24.5. The first-order valence-electron chi connectivity index (χ1n) is 1.40. The van der Waals surface area contributed by atoms with Crippen molar-refractivity contribution < 1.29 is 45.6 Å². The Balaban J connectivity index is -0.0000000817. The molecule has 3 N–H and O–H groups in total. The predicted molar refractivity (Wildman–Crippen MR) is 35.5 cm³/mol. The predicted octanol–water partition coefficient (Wildman–Crippen LogP) is -1.53. The zero-order chi connectivity index (χ0) is 6.78. The number of phosphoric acid groups is 1. The summed E-state index contributed by atoms with van der Waals surface area (Å²) in [5, 5.41) is 7.53. The molecule has 0 fully saturated rings. The van der Waals surface area contributed by atoms with Gasteiger partial charge < -0.3 is 9.63 Å². The summed E-state index contributed by atoms with van der Waals surface area (Å²) in [6.07, 6.45) is -1.99. The zero-order valence-electron chi connectivity index (χ0n) is 3.85. The van der Waals surface area contributed by atoms with Crippen LogP contribution >= 0.6 is 7.82 Å². The summed E-state index contributed by atoms with van der Waals surface area (Å²) in [5.41, 5.74) is 0. The van der Waals surface area contributed by atoms with E-state index in [1.54, 1.807) is 0 Å². The fraction of sp³-hybridized carbons (Fsp3) is 0. The summed E-state index contributed by atoms with van der Waals surface area (Å²) in [7, 11) is -4.82. The van der Waals surface area contributed by atoms with Crippen LogP contribution in [0, 0.1) is 0 Å². The van der Waals surface area contributed by atoms with Crippen molar-refractivity contribution in [3.63, 3.8) is 0 Å². The molecule has 0 amide bonds. The third-order valence-corrected chi connectivity index (χ3v) is 0.591. The van der Waals surface area contributed by atoms with Gasteiger partial charge in [0.05, 0.1) is 0 Å². The Kier molecular flexibility index (Phi) is 21.0. The van der Waals surface area contributed by atoms with Crippen LogP contribution in [0.3, 0.4) is 0 Å². The van der Waals surface area contributed by atoms with Gasteiger partial charge in [-0.15, -0.1) is 0 Å². The fourth-order valence-electron chi connectivity index (χ4n) is 0.102. The number of rotatable bonds is 1. The maximum atomic E-state index is 9.53. The van der Waals surface area contributed by atoms with Crippen LogP contribution in [0.2, 0.25) is 0 Å². The van der Waals surface area contributed by atoms with Crippen LogP contribution in [0.4, 0.5) is 4.79 Å². The Labute approximate surface area is 117 Å². The van der Waals surface area contributed by atoms with Crippen molar-refractivity contribution in [2.45, 2.75) is 0 Å². The minimum absolute atomic E-state index is 0. The Hall–Kier alpha value is 1.93. The number of hydrogen-bond acceptors (Lipinski definition) is 3. The van der Waals surface area contributed by atoms with E-state index >= 15 is 0 Å². The van der Waals surface area contributed by atoms with Gasteiger partial charge >= 0.3 is 73.1 Å². The molecule has 6 nitrogen and oxygen atoms in total. The molecule has 0 aromatic rings. The van der Waals surface area contributed by atoms with E-state index in [0.29, 0.717) is 0 Å². The van der Waals surface area contributed by atoms with E-state index in [0.717, 1.165) is 0 Å². The Morgan fingerprint density at radius 3 is 1.55 bits per heavy atom. The van der Waals surface area contributed by atoms with Crippen molar-refractivity contribution in [2.75, 3.05) is 0 Å². The Bertz CT molecular complexity index is 144. The molecule has 1 radical (unpaired) electrons. The molecule has 0 atom stereocenters. The molecule has 0 saturated carbocycles. The van der Waals surface area contributed by atoms with Crippen molar-refractivity contribution >= 4 is 73.1 Å². The van der Waals surface area contributed by atoms with Crippen LogP contribution in [-0.2, 0) is 25.9 Å². The zero-order valence-corrected chi connectivity index (χ0v) is 5.78. The minimum atomic E-state index is -4.82. The summed E-state index contributed by atoms with van der Waals surface area (Å²) in [5.74, 6) is 0. The van der Waals surface area contributed by atoms with E-state index in [1.165, 1.54) is 0 Å². The monoisotopic (exact) mass is 249 g/mol. The van der Waals surface area contributed by atoms with Crippen molar-refractivity contribution in [3.05, 3.63) is 0 Å². The van der Waals surface area contributed by atoms with Crippen LogP contribution in [0.1, 0.15) is 0 Å². The van der Waals surface area contributed by atoms with Crippen LogP contribution in [0.25, 0.3) is 0 Å². The number of carboxylic acid groups (broad SMARTS) is 1. The first kappa shape index (κ1) is 23.1. The van der Waals surface area contributed by atoms with Crippen LogP contribution in [0.5, 0.6) is 0 Å². The van der Waals surface area contributed by atoms with Crippen molar-refractivity contribution in [1.82, 2.24) is 0 Å². The second kappa shape index (κ2) is 10.0. The maximum absolute atomic E-state index is 9.53. The van der Waals surface area contributed by atoms with Gasteiger partial charge in [0.2, 0.25) is 0 Å². The van der Waals surface area contributed by atoms with E-state index in [4.69, 9.17) is 14.9 Å². The van der Waals surface area contributed by atoms with Crippen LogP contribution in [0.15, 0.2) is 0 Å². The molecule has 0 saturated heterocycles. The van der Waals surface area contributed by atoms with E-state index in [9.17, 15) is 9.36 Å².